The van der Waals surface area contributed by atoms with E-state index < -0.39 is 5.97 Å². The summed E-state index contributed by atoms with van der Waals surface area (Å²) in [6.45, 7) is 0. The summed E-state index contributed by atoms with van der Waals surface area (Å²) in [4.78, 5) is 10.9. The molecule has 0 atom stereocenters. The highest BCUT2D eigenvalue weighted by molar-refractivity contribution is 5.92. The Labute approximate surface area is 65.0 Å². The highest BCUT2D eigenvalue weighted by atomic mass is 16.5. The number of hydrogen-bond acceptors (Lipinski definition) is 3. The fraction of sp³-hybridized carbons (Fsp3) is 0.250. The molecular weight excluding hydrogens is 144 g/mol. The van der Waals surface area contributed by atoms with Crippen molar-refractivity contribution in [3.63, 3.8) is 0 Å². The maximum absolute atomic E-state index is 10.9. The number of ether oxygens (including phenoxy) is 1. The average molecular weight is 153 g/mol. The number of allylic oxidation sites excluding steroid dienone is 2. The van der Waals surface area contributed by atoms with Crippen molar-refractivity contribution in [2.45, 2.75) is 6.42 Å². The number of methoxy groups -OCH3 is 1. The quantitative estimate of drug-likeness (QED) is 0.574. The molecule has 0 amide bonds. The van der Waals surface area contributed by atoms with Gasteiger partial charge in [0.2, 0.25) is 0 Å². The summed E-state index contributed by atoms with van der Waals surface area (Å²) >= 11 is 0. The summed E-state index contributed by atoms with van der Waals surface area (Å²) < 4.78 is 4.44. The third-order valence-electron chi connectivity index (χ3n) is 1.42. The molecule has 0 aromatic heterocycles. The summed E-state index contributed by atoms with van der Waals surface area (Å²) in [6, 6.07) is 0. The van der Waals surface area contributed by atoms with Gasteiger partial charge in [0.25, 0.3) is 0 Å². The van der Waals surface area contributed by atoms with Crippen molar-refractivity contribution in [2.75, 3.05) is 7.11 Å². The Morgan fingerprint density at radius 2 is 2.45 bits per heavy atom. The summed E-state index contributed by atoms with van der Waals surface area (Å²) in [5.74, 6) is -0.519. The van der Waals surface area contributed by atoms with Gasteiger partial charge in [-0.15, -0.1) is 0 Å². The molecule has 1 rings (SSSR count). The minimum Gasteiger partial charge on any atom is -0.507 e. The molecule has 11 heavy (non-hydrogen) atoms. The Kier molecular flexibility index (Phi) is 2.31. The number of hydrogen-bond donors (Lipinski definition) is 1. The van der Waals surface area contributed by atoms with E-state index in [0.29, 0.717) is 6.42 Å². The van der Waals surface area contributed by atoms with Crippen molar-refractivity contribution in [1.82, 2.24) is 0 Å². The Hall–Kier alpha value is -1.25. The van der Waals surface area contributed by atoms with E-state index in [1.54, 1.807) is 12.5 Å². The van der Waals surface area contributed by atoms with E-state index in [4.69, 9.17) is 5.11 Å². The number of esters is 1. The molecular formula is C8H9O3. The molecule has 0 bridgehead atoms. The van der Waals surface area contributed by atoms with E-state index >= 15 is 0 Å². The minimum atomic E-state index is -0.494. The summed E-state index contributed by atoms with van der Waals surface area (Å²) in [5, 5.41) is 9.13. The zero-order valence-electron chi connectivity index (χ0n) is 6.20. The van der Waals surface area contributed by atoms with E-state index in [2.05, 4.69) is 4.74 Å². The Morgan fingerprint density at radius 3 is 3.00 bits per heavy atom. The van der Waals surface area contributed by atoms with Gasteiger partial charge < -0.3 is 9.84 Å². The van der Waals surface area contributed by atoms with Crippen LogP contribution in [-0.2, 0) is 9.53 Å². The Bertz CT molecular complexity index is 225. The first kappa shape index (κ1) is 7.85. The number of carbonyl (C=O) groups is 1. The van der Waals surface area contributed by atoms with Gasteiger partial charge >= 0.3 is 5.97 Å². The molecule has 0 aromatic carbocycles. The van der Waals surface area contributed by atoms with Crippen LogP contribution in [0.1, 0.15) is 6.42 Å². The Morgan fingerprint density at radius 1 is 1.73 bits per heavy atom. The standard InChI is InChI=1S/C8H9O3/c1-11-8(10)6-4-2-3-5-7(6)9/h3-5,9H,2H2,1H3. The first-order valence-electron chi connectivity index (χ1n) is 3.27. The molecule has 0 saturated heterocycles. The summed E-state index contributed by atoms with van der Waals surface area (Å²) in [6.07, 6.45) is 5.55. The molecule has 0 spiro atoms. The molecule has 1 radical (unpaired) electrons. The van der Waals surface area contributed by atoms with Crippen LogP contribution >= 0.6 is 0 Å². The smallest absolute Gasteiger partial charge is 0.337 e. The molecule has 1 aliphatic carbocycles. The third-order valence-corrected chi connectivity index (χ3v) is 1.42. The monoisotopic (exact) mass is 153 g/mol. The SMILES string of the molecule is COC(=O)C1=C(O)C=CC[CH]1. The number of carbonyl (C=O) groups excluding carboxylic acids is 1. The molecule has 0 aliphatic heterocycles. The fourth-order valence-electron chi connectivity index (χ4n) is 0.858. The maximum atomic E-state index is 10.9. The van der Waals surface area contributed by atoms with Gasteiger partial charge in [-0.2, -0.15) is 0 Å². The van der Waals surface area contributed by atoms with Gasteiger partial charge in [-0.1, -0.05) is 6.08 Å². The van der Waals surface area contributed by atoms with Crippen LogP contribution in [0.2, 0.25) is 0 Å². The van der Waals surface area contributed by atoms with Crippen LogP contribution < -0.4 is 0 Å². The highest BCUT2D eigenvalue weighted by Gasteiger charge is 2.15. The minimum absolute atomic E-state index is 0.0249. The summed E-state index contributed by atoms with van der Waals surface area (Å²) in [5.41, 5.74) is 0.245. The molecule has 1 N–H and O–H groups in total. The fourth-order valence-corrected chi connectivity index (χ4v) is 0.858. The number of rotatable bonds is 1. The van der Waals surface area contributed by atoms with E-state index in [1.807, 2.05) is 0 Å². The highest BCUT2D eigenvalue weighted by Crippen LogP contribution is 2.16. The number of aliphatic hydroxyl groups is 1. The van der Waals surface area contributed by atoms with Gasteiger partial charge in [0, 0.05) is 6.42 Å². The zero-order chi connectivity index (χ0) is 8.27. The Balaban J connectivity index is 2.83. The summed E-state index contributed by atoms with van der Waals surface area (Å²) in [7, 11) is 1.29. The molecule has 59 valence electrons. The maximum Gasteiger partial charge on any atom is 0.337 e. The third kappa shape index (κ3) is 1.61. The van der Waals surface area contributed by atoms with Crippen molar-refractivity contribution in [3.05, 3.63) is 29.9 Å². The van der Waals surface area contributed by atoms with E-state index in [0.717, 1.165) is 0 Å². The number of aliphatic hydroxyl groups excluding tert-OH is 1. The lowest BCUT2D eigenvalue weighted by Gasteiger charge is -2.08. The molecule has 3 heteroatoms. The second-order valence-corrected chi connectivity index (χ2v) is 2.13. The topological polar surface area (TPSA) is 46.5 Å². The molecule has 0 fully saturated rings. The van der Waals surface area contributed by atoms with Crippen molar-refractivity contribution in [2.24, 2.45) is 0 Å². The van der Waals surface area contributed by atoms with Crippen LogP contribution in [0, 0.1) is 6.42 Å². The predicted octanol–water partition coefficient (Wildman–Crippen LogP) is 1.14. The lowest BCUT2D eigenvalue weighted by Crippen LogP contribution is -2.09. The average Bonchev–Trinajstić information content (AvgIpc) is 2.04. The van der Waals surface area contributed by atoms with Crippen molar-refractivity contribution < 1.29 is 14.6 Å². The van der Waals surface area contributed by atoms with Gasteiger partial charge in [-0.3, -0.25) is 0 Å². The first-order valence-corrected chi connectivity index (χ1v) is 3.27. The van der Waals surface area contributed by atoms with Gasteiger partial charge in [0.15, 0.2) is 0 Å². The molecule has 0 heterocycles. The van der Waals surface area contributed by atoms with E-state index in [9.17, 15) is 4.79 Å². The normalized spacial score (nSPS) is 16.8. The van der Waals surface area contributed by atoms with E-state index in [-0.39, 0.29) is 11.3 Å². The zero-order valence-corrected chi connectivity index (χ0v) is 6.20. The lowest BCUT2D eigenvalue weighted by molar-refractivity contribution is -0.136. The molecule has 0 aromatic rings. The van der Waals surface area contributed by atoms with E-state index in [1.165, 1.54) is 13.2 Å². The van der Waals surface area contributed by atoms with Gasteiger partial charge in [0.05, 0.1) is 12.7 Å². The second kappa shape index (κ2) is 3.23. The lowest BCUT2D eigenvalue weighted by atomic mass is 10.0. The van der Waals surface area contributed by atoms with Gasteiger partial charge in [0.1, 0.15) is 5.76 Å². The predicted molar refractivity (Wildman–Crippen MR) is 39.7 cm³/mol. The largest absolute Gasteiger partial charge is 0.507 e. The molecule has 0 unspecified atom stereocenters. The second-order valence-electron chi connectivity index (χ2n) is 2.13. The molecule has 1 aliphatic rings. The van der Waals surface area contributed by atoms with Crippen molar-refractivity contribution >= 4 is 5.97 Å². The van der Waals surface area contributed by atoms with Crippen LogP contribution in [0.15, 0.2) is 23.5 Å². The van der Waals surface area contributed by atoms with Crippen LogP contribution in [0.4, 0.5) is 0 Å². The molecule has 0 saturated carbocycles. The van der Waals surface area contributed by atoms with Gasteiger partial charge in [-0.05, 0) is 12.5 Å². The van der Waals surface area contributed by atoms with Crippen LogP contribution in [0.25, 0.3) is 0 Å². The van der Waals surface area contributed by atoms with Crippen molar-refractivity contribution in [3.8, 4) is 0 Å². The van der Waals surface area contributed by atoms with Crippen molar-refractivity contribution in [1.29, 1.82) is 0 Å². The van der Waals surface area contributed by atoms with Crippen LogP contribution in [0.5, 0.6) is 0 Å². The van der Waals surface area contributed by atoms with Crippen LogP contribution in [0.3, 0.4) is 0 Å². The molecule has 3 nitrogen and oxygen atoms in total. The first-order chi connectivity index (χ1) is 5.25. The van der Waals surface area contributed by atoms with Gasteiger partial charge in [-0.25, -0.2) is 4.79 Å². The van der Waals surface area contributed by atoms with Crippen LogP contribution in [-0.4, -0.2) is 18.2 Å².